The molecule has 2 nitrogen and oxygen atoms in total. The molecule has 0 aliphatic carbocycles. The normalized spacial score (nSPS) is 10.7. The predicted molar refractivity (Wildman–Crippen MR) is 46.0 cm³/mol. The summed E-state index contributed by atoms with van der Waals surface area (Å²) in [5, 5.41) is 0. The third-order valence-electron chi connectivity index (χ3n) is 1.82. The van der Waals surface area contributed by atoms with E-state index in [1.54, 1.807) is 0 Å². The zero-order valence-corrected chi connectivity index (χ0v) is 8.79. The van der Waals surface area contributed by atoms with E-state index in [0.717, 1.165) is 11.0 Å². The molecule has 2 aromatic rings. The maximum absolute atomic E-state index is 4.42. The van der Waals surface area contributed by atoms with Gasteiger partial charge in [-0.05, 0) is 0 Å². The summed E-state index contributed by atoms with van der Waals surface area (Å²) in [7, 11) is 0. The van der Waals surface area contributed by atoms with Crippen molar-refractivity contribution in [3.05, 3.63) is 23.3 Å². The van der Waals surface area contributed by atoms with Crippen molar-refractivity contribution >= 4 is 32.0 Å². The van der Waals surface area contributed by atoms with E-state index in [0.29, 0.717) is 0 Å². The van der Waals surface area contributed by atoms with Crippen LogP contribution in [0.4, 0.5) is 0 Å². The van der Waals surface area contributed by atoms with Crippen molar-refractivity contribution in [1.82, 2.24) is 6.41 Å². The first-order valence-corrected chi connectivity index (χ1v) is 5.56. The van der Waals surface area contributed by atoms with Crippen LogP contribution in [0.2, 0.25) is 0 Å². The number of hydrogen-bond acceptors (Lipinski definition) is 2. The molecule has 0 fully saturated rings. The number of rotatable bonds is 0. The van der Waals surface area contributed by atoms with E-state index >= 15 is 0 Å². The molecule has 0 amide bonds. The molecular formula is C8H8N2Te. The van der Waals surface area contributed by atoms with Gasteiger partial charge in [0.2, 0.25) is 0 Å². The van der Waals surface area contributed by atoms with E-state index in [-0.39, 0.29) is 0 Å². The number of hydrogen-bond donors (Lipinski definition) is 0. The summed E-state index contributed by atoms with van der Waals surface area (Å²) in [5.41, 5.74) is 4.81. The summed E-state index contributed by atoms with van der Waals surface area (Å²) in [6.45, 7) is 4.19. The molecule has 1 aromatic carbocycles. The summed E-state index contributed by atoms with van der Waals surface area (Å²) in [5.74, 6) is 0. The van der Waals surface area contributed by atoms with Crippen molar-refractivity contribution in [1.29, 1.82) is 0 Å². The van der Waals surface area contributed by atoms with Gasteiger partial charge in [0, 0.05) is 0 Å². The van der Waals surface area contributed by atoms with E-state index in [1.165, 1.54) is 11.1 Å². The van der Waals surface area contributed by atoms with E-state index in [4.69, 9.17) is 0 Å². The Morgan fingerprint density at radius 2 is 1.45 bits per heavy atom. The molecule has 0 spiro atoms. The fraction of sp³-hybridized carbons (Fsp3) is 0.250. The fourth-order valence-electron chi connectivity index (χ4n) is 1.11. The average Bonchev–Trinajstić information content (AvgIpc) is 2.45. The third kappa shape index (κ3) is 1.09. The van der Waals surface area contributed by atoms with Crippen LogP contribution in [-0.2, 0) is 0 Å². The second-order valence-corrected chi connectivity index (χ2v) is 4.17. The number of aromatic nitrogens is 2. The minimum atomic E-state index is -0.432. The average molecular weight is 260 g/mol. The number of benzene rings is 1. The molecule has 0 radical (unpaired) electrons. The molecule has 0 atom stereocenters. The Morgan fingerprint density at radius 1 is 1.00 bits per heavy atom. The van der Waals surface area contributed by atoms with Gasteiger partial charge in [0.15, 0.2) is 0 Å². The van der Waals surface area contributed by atoms with Gasteiger partial charge in [0.05, 0.1) is 0 Å². The summed E-state index contributed by atoms with van der Waals surface area (Å²) in [4.78, 5) is 0. The van der Waals surface area contributed by atoms with Crippen LogP contribution in [-0.4, -0.2) is 27.4 Å². The molecular weight excluding hydrogens is 252 g/mol. The molecule has 0 N–H and O–H groups in total. The van der Waals surface area contributed by atoms with Gasteiger partial charge >= 0.3 is 75.6 Å². The Kier molecular flexibility index (Phi) is 1.71. The van der Waals surface area contributed by atoms with Crippen molar-refractivity contribution in [2.45, 2.75) is 13.8 Å². The van der Waals surface area contributed by atoms with Crippen LogP contribution in [0, 0.1) is 13.8 Å². The predicted octanol–water partition coefficient (Wildman–Crippen LogP) is 1.30. The second kappa shape index (κ2) is 2.58. The summed E-state index contributed by atoms with van der Waals surface area (Å²) < 4.78 is 8.85. The first-order valence-electron chi connectivity index (χ1n) is 3.47. The van der Waals surface area contributed by atoms with Gasteiger partial charge in [-0.25, -0.2) is 0 Å². The van der Waals surface area contributed by atoms with E-state index < -0.39 is 21.0 Å². The molecule has 1 heterocycles. The maximum atomic E-state index is 4.42. The Balaban J connectivity index is 2.96. The molecule has 0 unspecified atom stereocenters. The van der Waals surface area contributed by atoms with Crippen LogP contribution in [0.15, 0.2) is 12.1 Å². The first-order chi connectivity index (χ1) is 5.29. The molecule has 2 rings (SSSR count). The molecule has 0 saturated carbocycles. The van der Waals surface area contributed by atoms with Crippen molar-refractivity contribution < 1.29 is 0 Å². The molecule has 0 aliphatic heterocycles. The van der Waals surface area contributed by atoms with Crippen LogP contribution in [0.25, 0.3) is 11.0 Å². The van der Waals surface area contributed by atoms with Crippen molar-refractivity contribution in [3.63, 3.8) is 0 Å². The van der Waals surface area contributed by atoms with Crippen LogP contribution in [0.1, 0.15) is 11.1 Å². The number of nitrogens with zero attached hydrogens (tertiary/aromatic N) is 2. The summed E-state index contributed by atoms with van der Waals surface area (Å²) >= 11 is -0.432. The van der Waals surface area contributed by atoms with Crippen LogP contribution in [0.3, 0.4) is 0 Å². The molecule has 56 valence electrons. The molecule has 11 heavy (non-hydrogen) atoms. The molecule has 0 saturated heterocycles. The van der Waals surface area contributed by atoms with Crippen molar-refractivity contribution in [2.75, 3.05) is 0 Å². The van der Waals surface area contributed by atoms with Gasteiger partial charge in [-0.3, -0.25) is 0 Å². The van der Waals surface area contributed by atoms with E-state index in [2.05, 4.69) is 32.4 Å². The van der Waals surface area contributed by atoms with E-state index in [9.17, 15) is 0 Å². The molecule has 1 aromatic heterocycles. The summed E-state index contributed by atoms with van der Waals surface area (Å²) in [6, 6.07) is 4.23. The van der Waals surface area contributed by atoms with Crippen LogP contribution >= 0.6 is 0 Å². The number of fused-ring (bicyclic) bond motifs is 1. The molecule has 3 heteroatoms. The SMILES string of the molecule is Cc1ccc(C)c2n[te]nc12. The Morgan fingerprint density at radius 3 is 1.91 bits per heavy atom. The Bertz CT molecular complexity index is 356. The van der Waals surface area contributed by atoms with Crippen LogP contribution in [0.5, 0.6) is 0 Å². The van der Waals surface area contributed by atoms with Gasteiger partial charge in [0.1, 0.15) is 0 Å². The zero-order chi connectivity index (χ0) is 7.84. The fourth-order valence-corrected chi connectivity index (χ4v) is 3.01. The standard InChI is InChI=1S/C8H8N2Te/c1-5-3-4-6(2)8-7(5)9-11-10-8/h3-4H,1-2H3. The quantitative estimate of drug-likeness (QED) is 0.667. The first kappa shape index (κ1) is 7.27. The molecule has 0 bridgehead atoms. The van der Waals surface area contributed by atoms with Gasteiger partial charge in [0.25, 0.3) is 0 Å². The van der Waals surface area contributed by atoms with Crippen molar-refractivity contribution in [2.24, 2.45) is 0 Å². The van der Waals surface area contributed by atoms with Gasteiger partial charge in [-0.2, -0.15) is 0 Å². The number of aryl methyl sites for hydroxylation is 2. The van der Waals surface area contributed by atoms with Crippen LogP contribution < -0.4 is 0 Å². The monoisotopic (exact) mass is 262 g/mol. The Labute approximate surface area is 75.6 Å². The van der Waals surface area contributed by atoms with Gasteiger partial charge in [-0.15, -0.1) is 0 Å². The summed E-state index contributed by atoms with van der Waals surface area (Å²) in [6.07, 6.45) is 0. The van der Waals surface area contributed by atoms with E-state index in [1.807, 2.05) is 0 Å². The minimum absolute atomic E-state index is 0.432. The topological polar surface area (TPSA) is 25.8 Å². The Hall–Kier alpha value is -0.390. The van der Waals surface area contributed by atoms with Gasteiger partial charge < -0.3 is 0 Å². The van der Waals surface area contributed by atoms with Crippen molar-refractivity contribution in [3.8, 4) is 0 Å². The zero-order valence-electron chi connectivity index (χ0n) is 6.46. The second-order valence-electron chi connectivity index (χ2n) is 2.66. The molecule has 0 aliphatic rings. The third-order valence-corrected chi connectivity index (χ3v) is 3.33. The van der Waals surface area contributed by atoms with Gasteiger partial charge in [-0.1, -0.05) is 0 Å².